The largest absolute Gasteiger partial charge is 0.491 e. The predicted octanol–water partition coefficient (Wildman–Crippen LogP) is 3.81. The fourth-order valence-corrected chi connectivity index (χ4v) is 2.80. The van der Waals surface area contributed by atoms with Gasteiger partial charge in [0.2, 0.25) is 0 Å². The summed E-state index contributed by atoms with van der Waals surface area (Å²) in [5.74, 6) is 0.703. The number of hydrogen-bond acceptors (Lipinski definition) is 2. The highest BCUT2D eigenvalue weighted by atomic mass is 79.9. The molecule has 0 aliphatic carbocycles. The van der Waals surface area contributed by atoms with Crippen LogP contribution in [0.15, 0.2) is 46.9 Å². The molecule has 4 heteroatoms. The lowest BCUT2D eigenvalue weighted by atomic mass is 10.1. The molecule has 0 aromatic heterocycles. The van der Waals surface area contributed by atoms with Crippen molar-refractivity contribution in [2.75, 3.05) is 6.61 Å². The van der Waals surface area contributed by atoms with E-state index >= 15 is 0 Å². The average Bonchev–Trinajstić information content (AvgIpc) is 2.78. The minimum atomic E-state index is -0.228. The molecule has 0 bridgehead atoms. The number of fused-ring (bicyclic) bond motifs is 1. The average molecular weight is 322 g/mol. The molecular weight excluding hydrogens is 309 g/mol. The zero-order valence-corrected chi connectivity index (χ0v) is 11.8. The molecular formula is C15H13BrFNO. The molecule has 1 unspecified atom stereocenters. The number of halogens is 2. The third kappa shape index (κ3) is 2.80. The molecule has 19 heavy (non-hydrogen) atoms. The SMILES string of the molecule is Fc1cc(Br)cc(CNC2COc3ccccc32)c1. The zero-order valence-electron chi connectivity index (χ0n) is 10.2. The smallest absolute Gasteiger partial charge is 0.124 e. The van der Waals surface area contributed by atoms with Crippen LogP contribution in [0, 0.1) is 5.82 Å². The van der Waals surface area contributed by atoms with Gasteiger partial charge in [-0.15, -0.1) is 0 Å². The molecule has 0 fully saturated rings. The molecule has 0 saturated carbocycles. The first-order valence-electron chi connectivity index (χ1n) is 6.12. The first-order chi connectivity index (χ1) is 9.22. The Bertz CT molecular complexity index is 582. The Hall–Kier alpha value is -1.39. The van der Waals surface area contributed by atoms with Crippen LogP contribution >= 0.6 is 15.9 Å². The normalized spacial score (nSPS) is 17.1. The van der Waals surface area contributed by atoms with Crippen LogP contribution in [0.25, 0.3) is 0 Å². The summed E-state index contributed by atoms with van der Waals surface area (Å²) in [4.78, 5) is 0. The Labute approximate surface area is 119 Å². The van der Waals surface area contributed by atoms with Gasteiger partial charge >= 0.3 is 0 Å². The van der Waals surface area contributed by atoms with E-state index in [2.05, 4.69) is 27.3 Å². The van der Waals surface area contributed by atoms with E-state index in [-0.39, 0.29) is 11.9 Å². The quantitative estimate of drug-likeness (QED) is 0.928. The van der Waals surface area contributed by atoms with E-state index in [4.69, 9.17) is 4.74 Å². The number of para-hydroxylation sites is 1. The standard InChI is InChI=1S/C15H13BrFNO/c16-11-5-10(6-12(17)7-11)8-18-14-9-19-15-4-2-1-3-13(14)15/h1-7,14,18H,8-9H2. The molecule has 2 aromatic carbocycles. The summed E-state index contributed by atoms with van der Waals surface area (Å²) in [7, 11) is 0. The van der Waals surface area contributed by atoms with Gasteiger partial charge in [0.15, 0.2) is 0 Å². The lowest BCUT2D eigenvalue weighted by Gasteiger charge is -2.12. The third-order valence-electron chi connectivity index (χ3n) is 3.17. The molecule has 2 aromatic rings. The summed E-state index contributed by atoms with van der Waals surface area (Å²) in [5, 5.41) is 3.40. The van der Waals surface area contributed by atoms with Crippen LogP contribution in [-0.2, 0) is 6.54 Å². The van der Waals surface area contributed by atoms with Gasteiger partial charge in [0.1, 0.15) is 18.2 Å². The van der Waals surface area contributed by atoms with Crippen LogP contribution in [0.4, 0.5) is 4.39 Å². The first-order valence-corrected chi connectivity index (χ1v) is 6.92. The second-order valence-corrected chi connectivity index (χ2v) is 5.48. The first kappa shape index (κ1) is 12.6. The van der Waals surface area contributed by atoms with Crippen molar-refractivity contribution in [3.63, 3.8) is 0 Å². The lowest BCUT2D eigenvalue weighted by molar-refractivity contribution is 0.310. The molecule has 1 heterocycles. The summed E-state index contributed by atoms with van der Waals surface area (Å²) in [5.41, 5.74) is 2.08. The highest BCUT2D eigenvalue weighted by molar-refractivity contribution is 9.10. The third-order valence-corrected chi connectivity index (χ3v) is 3.63. The fraction of sp³-hybridized carbons (Fsp3) is 0.200. The van der Waals surface area contributed by atoms with Crippen molar-refractivity contribution in [2.45, 2.75) is 12.6 Å². The zero-order chi connectivity index (χ0) is 13.2. The molecule has 0 spiro atoms. The topological polar surface area (TPSA) is 21.3 Å². The summed E-state index contributed by atoms with van der Waals surface area (Å²) >= 11 is 3.30. The van der Waals surface area contributed by atoms with Gasteiger partial charge < -0.3 is 10.1 Å². The Morgan fingerprint density at radius 2 is 2.11 bits per heavy atom. The number of ether oxygens (including phenoxy) is 1. The van der Waals surface area contributed by atoms with Crippen molar-refractivity contribution in [3.05, 3.63) is 63.9 Å². The van der Waals surface area contributed by atoms with E-state index < -0.39 is 0 Å². The van der Waals surface area contributed by atoms with Gasteiger partial charge in [-0.1, -0.05) is 34.1 Å². The number of rotatable bonds is 3. The fourth-order valence-electron chi connectivity index (χ4n) is 2.29. The van der Waals surface area contributed by atoms with Gasteiger partial charge in [0.25, 0.3) is 0 Å². The van der Waals surface area contributed by atoms with Crippen molar-refractivity contribution < 1.29 is 9.13 Å². The molecule has 0 amide bonds. The van der Waals surface area contributed by atoms with Gasteiger partial charge in [-0.05, 0) is 29.8 Å². The Morgan fingerprint density at radius 3 is 2.95 bits per heavy atom. The van der Waals surface area contributed by atoms with E-state index in [1.807, 2.05) is 24.3 Å². The van der Waals surface area contributed by atoms with Crippen molar-refractivity contribution in [3.8, 4) is 5.75 Å². The lowest BCUT2D eigenvalue weighted by Crippen LogP contribution is -2.22. The van der Waals surface area contributed by atoms with Crippen molar-refractivity contribution in [1.82, 2.24) is 5.32 Å². The summed E-state index contributed by atoms with van der Waals surface area (Å²) in [6.07, 6.45) is 0. The van der Waals surface area contributed by atoms with Crippen LogP contribution in [0.3, 0.4) is 0 Å². The van der Waals surface area contributed by atoms with Gasteiger partial charge in [-0.3, -0.25) is 0 Å². The van der Waals surface area contributed by atoms with Crippen molar-refractivity contribution in [2.24, 2.45) is 0 Å². The predicted molar refractivity (Wildman–Crippen MR) is 75.6 cm³/mol. The molecule has 3 rings (SSSR count). The van der Waals surface area contributed by atoms with E-state index in [9.17, 15) is 4.39 Å². The minimum absolute atomic E-state index is 0.165. The maximum Gasteiger partial charge on any atom is 0.124 e. The van der Waals surface area contributed by atoms with E-state index in [1.54, 1.807) is 6.07 Å². The van der Waals surface area contributed by atoms with E-state index in [0.717, 1.165) is 21.3 Å². The van der Waals surface area contributed by atoms with Crippen LogP contribution < -0.4 is 10.1 Å². The molecule has 1 atom stereocenters. The number of hydrogen-bond donors (Lipinski definition) is 1. The number of nitrogens with one attached hydrogen (secondary N) is 1. The van der Waals surface area contributed by atoms with Gasteiger partial charge in [-0.25, -0.2) is 4.39 Å². The van der Waals surface area contributed by atoms with Crippen LogP contribution in [0.5, 0.6) is 5.75 Å². The van der Waals surface area contributed by atoms with Gasteiger partial charge in [0.05, 0.1) is 6.04 Å². The monoisotopic (exact) mass is 321 g/mol. The molecule has 1 aliphatic rings. The molecule has 0 radical (unpaired) electrons. The molecule has 98 valence electrons. The second-order valence-electron chi connectivity index (χ2n) is 4.56. The van der Waals surface area contributed by atoms with Crippen LogP contribution in [0.1, 0.15) is 17.2 Å². The van der Waals surface area contributed by atoms with Gasteiger partial charge in [-0.2, -0.15) is 0 Å². The molecule has 1 aliphatic heterocycles. The van der Waals surface area contributed by atoms with Crippen molar-refractivity contribution in [1.29, 1.82) is 0 Å². The van der Waals surface area contributed by atoms with E-state index in [0.29, 0.717) is 13.2 Å². The summed E-state index contributed by atoms with van der Waals surface area (Å²) < 4.78 is 19.6. The van der Waals surface area contributed by atoms with Crippen LogP contribution in [-0.4, -0.2) is 6.61 Å². The van der Waals surface area contributed by atoms with E-state index in [1.165, 1.54) is 6.07 Å². The Kier molecular flexibility index (Phi) is 3.53. The molecule has 1 N–H and O–H groups in total. The molecule has 0 saturated heterocycles. The minimum Gasteiger partial charge on any atom is -0.491 e. The van der Waals surface area contributed by atoms with Crippen molar-refractivity contribution >= 4 is 15.9 Å². The summed E-state index contributed by atoms with van der Waals surface area (Å²) in [6, 6.07) is 13.1. The Balaban J connectivity index is 1.70. The maximum atomic E-state index is 13.3. The highest BCUT2D eigenvalue weighted by Crippen LogP contribution is 2.31. The van der Waals surface area contributed by atoms with Gasteiger partial charge in [0, 0.05) is 16.6 Å². The van der Waals surface area contributed by atoms with Crippen LogP contribution in [0.2, 0.25) is 0 Å². The highest BCUT2D eigenvalue weighted by Gasteiger charge is 2.22. The second kappa shape index (κ2) is 5.31. The summed E-state index contributed by atoms with van der Waals surface area (Å²) in [6.45, 7) is 1.23. The maximum absolute atomic E-state index is 13.3. The Morgan fingerprint density at radius 1 is 1.26 bits per heavy atom. The number of benzene rings is 2. The molecule has 2 nitrogen and oxygen atoms in total.